The zero-order valence-corrected chi connectivity index (χ0v) is 23.0. The number of carboxylic acids is 1. The second kappa shape index (κ2) is 14.3. The molecule has 0 radical (unpaired) electrons. The highest BCUT2D eigenvalue weighted by Crippen LogP contribution is 2.52. The Morgan fingerprint density at radius 3 is 2.42 bits per heavy atom. The van der Waals surface area contributed by atoms with E-state index in [9.17, 15) is 4.79 Å². The average molecular weight is 533 g/mol. The molecular weight excluding hydrogens is 484 g/mol. The van der Waals surface area contributed by atoms with E-state index in [0.717, 1.165) is 89.1 Å². The van der Waals surface area contributed by atoms with Crippen molar-refractivity contribution in [3.63, 3.8) is 0 Å². The lowest BCUT2D eigenvalue weighted by atomic mass is 9.84. The largest absolute Gasteiger partial charge is 0.480 e. The second-order valence-corrected chi connectivity index (χ2v) is 12.0. The molecule has 2 heterocycles. The van der Waals surface area contributed by atoms with Crippen molar-refractivity contribution in [2.75, 3.05) is 26.4 Å². The number of carbonyl (C=O) groups is 1. The number of fused-ring (bicyclic) bond motifs is 1. The van der Waals surface area contributed by atoms with E-state index in [2.05, 4.69) is 12.2 Å². The fraction of sp³-hybridized carbons (Fsp3) is 0.839. The van der Waals surface area contributed by atoms with E-state index >= 15 is 0 Å². The van der Waals surface area contributed by atoms with Gasteiger partial charge in [0.25, 0.3) is 0 Å². The first-order chi connectivity index (χ1) is 18.7. The molecule has 5 rings (SSSR count). The van der Waals surface area contributed by atoms with Gasteiger partial charge in [-0.1, -0.05) is 43.8 Å². The summed E-state index contributed by atoms with van der Waals surface area (Å²) < 4.78 is 30.9. The molecule has 38 heavy (non-hydrogen) atoms. The number of hydrogen-bond donors (Lipinski definition) is 1. The number of aliphatic carboxylic acids is 1. The number of rotatable bonds is 12. The van der Waals surface area contributed by atoms with Crippen LogP contribution < -0.4 is 0 Å². The Labute approximate surface area is 228 Å². The SMILES string of the molecule is O=C(O)COCCC1=C[C@@H]2C[C@@H](OC3CCCCO3)[C@H](C(=CCC3CCCCC3)OC3CCCCO3)[C@@H]2C1. The van der Waals surface area contributed by atoms with Crippen molar-refractivity contribution in [2.45, 2.75) is 115 Å². The molecule has 1 N–H and O–H groups in total. The van der Waals surface area contributed by atoms with E-state index in [4.69, 9.17) is 28.8 Å². The van der Waals surface area contributed by atoms with Crippen LogP contribution in [0.25, 0.3) is 0 Å². The van der Waals surface area contributed by atoms with Crippen molar-refractivity contribution in [3.8, 4) is 0 Å². The van der Waals surface area contributed by atoms with Gasteiger partial charge in [-0.3, -0.25) is 0 Å². The summed E-state index contributed by atoms with van der Waals surface area (Å²) >= 11 is 0. The topological polar surface area (TPSA) is 83.5 Å². The van der Waals surface area contributed by atoms with Gasteiger partial charge in [0.15, 0.2) is 12.6 Å². The molecule has 0 amide bonds. The van der Waals surface area contributed by atoms with Gasteiger partial charge in [-0.15, -0.1) is 0 Å². The van der Waals surface area contributed by atoms with Gasteiger partial charge in [0.1, 0.15) is 12.4 Å². The maximum atomic E-state index is 10.8. The van der Waals surface area contributed by atoms with E-state index in [1.54, 1.807) is 0 Å². The summed E-state index contributed by atoms with van der Waals surface area (Å²) in [7, 11) is 0. The highest BCUT2D eigenvalue weighted by Gasteiger charge is 2.49. The van der Waals surface area contributed by atoms with E-state index in [1.807, 2.05) is 0 Å². The molecule has 214 valence electrons. The van der Waals surface area contributed by atoms with Crippen LogP contribution in [0.5, 0.6) is 0 Å². The minimum atomic E-state index is -0.915. The standard InChI is InChI=1S/C31H48O7/c32-28(33)21-34-17-14-23-18-24-20-27(38-30-11-5-7-16-36-30)31(25(24)19-23)26(37-29-10-4-6-15-35-29)13-12-22-8-2-1-3-9-22/h13,18,22,24-25,27,29-31H,1-12,14-17,19-21H2,(H,32,33)/t24-,25-,27-,29?,30?,31+/m1/s1. The lowest BCUT2D eigenvalue weighted by Crippen LogP contribution is -2.34. The van der Waals surface area contributed by atoms with Gasteiger partial charge in [0, 0.05) is 18.9 Å². The zero-order valence-electron chi connectivity index (χ0n) is 23.0. The first-order valence-electron chi connectivity index (χ1n) is 15.4. The molecule has 0 spiro atoms. The van der Waals surface area contributed by atoms with Gasteiger partial charge in [0.2, 0.25) is 0 Å². The van der Waals surface area contributed by atoms with Crippen molar-refractivity contribution >= 4 is 5.97 Å². The Balaban J connectivity index is 1.32. The smallest absolute Gasteiger partial charge is 0.329 e. The lowest BCUT2D eigenvalue weighted by Gasteiger charge is -2.34. The third kappa shape index (κ3) is 7.83. The van der Waals surface area contributed by atoms with Crippen LogP contribution in [0.2, 0.25) is 0 Å². The van der Waals surface area contributed by atoms with Gasteiger partial charge >= 0.3 is 5.97 Å². The first-order valence-corrected chi connectivity index (χ1v) is 15.4. The minimum Gasteiger partial charge on any atom is -0.480 e. The molecule has 7 nitrogen and oxygen atoms in total. The molecule has 0 bridgehead atoms. The predicted molar refractivity (Wildman–Crippen MR) is 143 cm³/mol. The average Bonchev–Trinajstić information content (AvgIpc) is 3.47. The van der Waals surface area contributed by atoms with Crippen molar-refractivity contribution in [2.24, 2.45) is 23.7 Å². The van der Waals surface area contributed by atoms with Crippen molar-refractivity contribution in [3.05, 3.63) is 23.5 Å². The Morgan fingerprint density at radius 2 is 1.71 bits per heavy atom. The summed E-state index contributed by atoms with van der Waals surface area (Å²) in [5, 5.41) is 8.88. The molecule has 2 saturated heterocycles. The van der Waals surface area contributed by atoms with Gasteiger partial charge in [-0.2, -0.15) is 0 Å². The van der Waals surface area contributed by atoms with Crippen LogP contribution in [0.4, 0.5) is 0 Å². The summed E-state index contributed by atoms with van der Waals surface area (Å²) in [5.41, 5.74) is 1.38. The molecule has 2 saturated carbocycles. The van der Waals surface area contributed by atoms with Crippen LogP contribution >= 0.6 is 0 Å². The number of carboxylic acid groups (broad SMARTS) is 1. The van der Waals surface area contributed by atoms with Crippen molar-refractivity contribution in [1.29, 1.82) is 0 Å². The van der Waals surface area contributed by atoms with E-state index in [0.29, 0.717) is 18.4 Å². The van der Waals surface area contributed by atoms with Gasteiger partial charge in [-0.25, -0.2) is 4.79 Å². The number of hydrogen-bond acceptors (Lipinski definition) is 6. The Kier molecular flexibility index (Phi) is 10.6. The molecule has 2 aliphatic heterocycles. The summed E-state index contributed by atoms with van der Waals surface area (Å²) in [6.45, 7) is 1.78. The van der Waals surface area contributed by atoms with Gasteiger partial charge in [0.05, 0.1) is 19.3 Å². The molecule has 6 atom stereocenters. The normalized spacial score (nSPS) is 34.6. The van der Waals surface area contributed by atoms with Crippen LogP contribution in [0.3, 0.4) is 0 Å². The highest BCUT2D eigenvalue weighted by molar-refractivity contribution is 5.67. The monoisotopic (exact) mass is 532 g/mol. The highest BCUT2D eigenvalue weighted by atomic mass is 16.7. The molecule has 4 fully saturated rings. The lowest BCUT2D eigenvalue weighted by molar-refractivity contribution is -0.201. The van der Waals surface area contributed by atoms with Crippen LogP contribution in [-0.2, 0) is 28.5 Å². The maximum Gasteiger partial charge on any atom is 0.329 e. The van der Waals surface area contributed by atoms with E-state index in [1.165, 1.54) is 37.7 Å². The Hall–Kier alpha value is -1.41. The van der Waals surface area contributed by atoms with Crippen LogP contribution in [0.1, 0.15) is 96.3 Å². The molecule has 0 aromatic heterocycles. The molecule has 2 unspecified atom stereocenters. The molecule has 0 aromatic rings. The molecule has 7 heteroatoms. The summed E-state index contributed by atoms with van der Waals surface area (Å²) in [5.74, 6) is 1.98. The first kappa shape index (κ1) is 28.1. The Morgan fingerprint density at radius 1 is 0.974 bits per heavy atom. The van der Waals surface area contributed by atoms with Crippen LogP contribution in [0, 0.1) is 23.7 Å². The van der Waals surface area contributed by atoms with Crippen LogP contribution in [0.15, 0.2) is 23.5 Å². The molecular formula is C31H48O7. The number of ether oxygens (including phenoxy) is 5. The summed E-state index contributed by atoms with van der Waals surface area (Å²) in [6, 6.07) is 0. The zero-order chi connectivity index (χ0) is 26.2. The third-order valence-corrected chi connectivity index (χ3v) is 9.23. The molecule has 5 aliphatic rings. The summed E-state index contributed by atoms with van der Waals surface area (Å²) in [4.78, 5) is 10.8. The quantitative estimate of drug-likeness (QED) is 0.178. The number of allylic oxidation sites excluding steroid dienone is 2. The molecule has 3 aliphatic carbocycles. The minimum absolute atomic E-state index is 0.0790. The van der Waals surface area contributed by atoms with Gasteiger partial charge in [-0.05, 0) is 81.6 Å². The van der Waals surface area contributed by atoms with E-state index < -0.39 is 5.97 Å². The second-order valence-electron chi connectivity index (χ2n) is 12.0. The van der Waals surface area contributed by atoms with Gasteiger partial charge < -0.3 is 28.8 Å². The third-order valence-electron chi connectivity index (χ3n) is 9.23. The van der Waals surface area contributed by atoms with E-state index in [-0.39, 0.29) is 31.2 Å². The Bertz CT molecular complexity index is 805. The maximum absolute atomic E-state index is 10.8. The summed E-state index contributed by atoms with van der Waals surface area (Å²) in [6.07, 6.45) is 21.6. The molecule has 0 aromatic carbocycles. The van der Waals surface area contributed by atoms with Crippen LogP contribution in [-0.4, -0.2) is 56.2 Å². The predicted octanol–water partition coefficient (Wildman–Crippen LogP) is 6.37. The fourth-order valence-corrected chi connectivity index (χ4v) is 7.30. The van der Waals surface area contributed by atoms with Crippen molar-refractivity contribution < 1.29 is 33.6 Å². The fourth-order valence-electron chi connectivity index (χ4n) is 7.30. The van der Waals surface area contributed by atoms with Crippen molar-refractivity contribution in [1.82, 2.24) is 0 Å².